The minimum atomic E-state index is -0.313. The molecule has 1 N–H and O–H groups in total. The van der Waals surface area contributed by atoms with E-state index in [2.05, 4.69) is 30.9 Å². The highest BCUT2D eigenvalue weighted by Crippen LogP contribution is 2.44. The van der Waals surface area contributed by atoms with Gasteiger partial charge in [0.1, 0.15) is 0 Å². The highest BCUT2D eigenvalue weighted by atomic mass is 18.2. The number of methoxy groups -OCH3 is 2. The van der Waals surface area contributed by atoms with Crippen molar-refractivity contribution >= 4 is 0 Å². The number of aliphatic hydroxyl groups excluding tert-OH is 1. The van der Waals surface area contributed by atoms with Crippen molar-refractivity contribution in [1.29, 1.82) is 0 Å². The fourth-order valence-electron chi connectivity index (χ4n) is 4.66. The van der Waals surface area contributed by atoms with Gasteiger partial charge in [-0.25, -0.2) is 0 Å². The van der Waals surface area contributed by atoms with Crippen molar-refractivity contribution in [3.8, 4) is 11.5 Å². The second kappa shape index (κ2) is 8.36. The fraction of sp³-hybridized carbons (Fsp3) is 0.727. The van der Waals surface area contributed by atoms with Crippen LogP contribution in [0.15, 0.2) is 12.1 Å². The van der Waals surface area contributed by atoms with Gasteiger partial charge >= 0.3 is 0 Å². The summed E-state index contributed by atoms with van der Waals surface area (Å²) in [5, 5.41) is 10.8. The summed E-state index contributed by atoms with van der Waals surface area (Å²) in [6, 6.07) is 4.41. The van der Waals surface area contributed by atoms with Gasteiger partial charge in [0.2, 0.25) is 0 Å². The molecule has 0 aliphatic carbocycles. The molecule has 1 aromatic carbocycles. The Morgan fingerprint density at radius 1 is 1.19 bits per heavy atom. The maximum atomic E-state index is 12.7. The average molecular weight is 379 g/mol. The lowest BCUT2D eigenvalue weighted by molar-refractivity contribution is -0.0191. The normalized spacial score (nSPS) is 25.6. The lowest BCUT2D eigenvalue weighted by atomic mass is 9.76. The number of nitrogens with zero attached hydrogens (tertiary/aromatic N) is 1. The molecule has 152 valence electrons. The van der Waals surface area contributed by atoms with E-state index in [9.17, 15) is 9.50 Å². The van der Waals surface area contributed by atoms with Gasteiger partial charge in [-0.2, -0.15) is 0 Å². The van der Waals surface area contributed by atoms with Crippen LogP contribution in [0.4, 0.5) is 4.39 Å². The van der Waals surface area contributed by atoms with E-state index in [0.717, 1.165) is 50.3 Å². The Morgan fingerprint density at radius 2 is 1.89 bits per heavy atom. The van der Waals surface area contributed by atoms with Crippen LogP contribution in [0, 0.1) is 11.3 Å². The molecule has 1 fully saturated rings. The van der Waals surface area contributed by atoms with Crippen LogP contribution >= 0.6 is 0 Å². The number of benzene rings is 1. The number of halogens is 1. The standard InChI is InChI=1S/C22H34FNO3/c1-22(2,8-9-23)7-5-16-14-24-10-6-15-11-20(26-3)21(27-4)12-17(15)18(24)13-19(16)25/h11-12,16,18-19,25H,5-10,13-14H2,1-4H3/t16-,18-,19-/m0/s1/i23-1. The second-order valence-electron chi connectivity index (χ2n) is 8.87. The maximum absolute atomic E-state index is 12.7. The number of aliphatic hydroxyl groups is 1. The third-order valence-electron chi connectivity index (χ3n) is 6.55. The van der Waals surface area contributed by atoms with Gasteiger partial charge in [-0.15, -0.1) is 0 Å². The Labute approximate surface area is 162 Å². The molecule has 1 saturated heterocycles. The largest absolute Gasteiger partial charge is 0.493 e. The lowest BCUT2D eigenvalue weighted by Crippen LogP contribution is -2.48. The van der Waals surface area contributed by atoms with Crippen molar-refractivity contribution in [1.82, 2.24) is 4.90 Å². The molecule has 0 spiro atoms. The molecule has 0 bridgehead atoms. The second-order valence-corrected chi connectivity index (χ2v) is 8.87. The number of hydrogen-bond acceptors (Lipinski definition) is 4. The van der Waals surface area contributed by atoms with Gasteiger partial charge < -0.3 is 14.6 Å². The Kier molecular flexibility index (Phi) is 6.32. The molecule has 4 nitrogen and oxygen atoms in total. The Bertz CT molecular complexity index is 649. The highest BCUT2D eigenvalue weighted by molar-refractivity contribution is 5.49. The van der Waals surface area contributed by atoms with Crippen LogP contribution in [0.1, 0.15) is 56.7 Å². The summed E-state index contributed by atoms with van der Waals surface area (Å²) in [6.45, 7) is 5.90. The quantitative estimate of drug-likeness (QED) is 0.774. The molecule has 3 rings (SSSR count). The van der Waals surface area contributed by atoms with Crippen LogP contribution in [-0.2, 0) is 6.42 Å². The molecule has 2 heterocycles. The van der Waals surface area contributed by atoms with Crippen molar-refractivity contribution in [2.24, 2.45) is 11.3 Å². The third kappa shape index (κ3) is 4.40. The molecule has 0 radical (unpaired) electrons. The molecule has 0 saturated carbocycles. The van der Waals surface area contributed by atoms with Gasteiger partial charge in [-0.3, -0.25) is 9.29 Å². The van der Waals surface area contributed by atoms with E-state index in [4.69, 9.17) is 9.47 Å². The first-order valence-corrected chi connectivity index (χ1v) is 10.1. The summed E-state index contributed by atoms with van der Waals surface area (Å²) >= 11 is 0. The molecule has 2 aliphatic heterocycles. The van der Waals surface area contributed by atoms with Crippen molar-refractivity contribution in [2.45, 2.75) is 58.1 Å². The van der Waals surface area contributed by atoms with Gasteiger partial charge in [0, 0.05) is 19.1 Å². The minimum absolute atomic E-state index is 0.00371. The predicted molar refractivity (Wildman–Crippen MR) is 105 cm³/mol. The Hall–Kier alpha value is -1.33. The van der Waals surface area contributed by atoms with E-state index in [1.807, 2.05) is 0 Å². The van der Waals surface area contributed by atoms with Gasteiger partial charge in [-0.05, 0) is 66.7 Å². The van der Waals surface area contributed by atoms with Gasteiger partial charge in [0.15, 0.2) is 11.5 Å². The Morgan fingerprint density at radius 3 is 2.56 bits per heavy atom. The lowest BCUT2D eigenvalue weighted by Gasteiger charge is -2.46. The zero-order valence-electron chi connectivity index (χ0n) is 17.1. The molecular formula is C22H34FNO3. The highest BCUT2D eigenvalue weighted by Gasteiger charge is 2.39. The molecule has 5 heteroatoms. The number of fused-ring (bicyclic) bond motifs is 3. The molecule has 3 atom stereocenters. The summed E-state index contributed by atoms with van der Waals surface area (Å²) in [5.41, 5.74) is 2.56. The maximum Gasteiger partial charge on any atom is 0.161 e. The fourth-order valence-corrected chi connectivity index (χ4v) is 4.66. The van der Waals surface area contributed by atoms with Crippen molar-refractivity contribution in [3.05, 3.63) is 23.3 Å². The van der Waals surface area contributed by atoms with Crippen LogP contribution in [0.2, 0.25) is 0 Å². The van der Waals surface area contributed by atoms with Crippen molar-refractivity contribution in [2.75, 3.05) is 34.0 Å². The SMILES string of the molecule is COc1cc2c(cc1OC)[C@@H]1C[C@H](O)[C@@H](CCC(C)(C)CC[18F])CN1CC2. The first-order valence-electron chi connectivity index (χ1n) is 10.1. The number of rotatable bonds is 7. The zero-order valence-corrected chi connectivity index (χ0v) is 17.1. The van der Waals surface area contributed by atoms with E-state index >= 15 is 0 Å². The van der Waals surface area contributed by atoms with Crippen LogP contribution in [0.5, 0.6) is 11.5 Å². The summed E-state index contributed by atoms with van der Waals surface area (Å²) in [7, 11) is 3.33. The molecular weight excluding hydrogens is 344 g/mol. The monoisotopic (exact) mass is 378 g/mol. The van der Waals surface area contributed by atoms with Crippen LogP contribution in [0.3, 0.4) is 0 Å². The van der Waals surface area contributed by atoms with E-state index in [0.29, 0.717) is 6.42 Å². The number of ether oxygens (including phenoxy) is 2. The third-order valence-corrected chi connectivity index (χ3v) is 6.55. The summed E-state index contributed by atoms with van der Waals surface area (Å²) in [5.74, 6) is 1.79. The van der Waals surface area contributed by atoms with Gasteiger partial charge in [-0.1, -0.05) is 13.8 Å². The molecule has 0 amide bonds. The molecule has 0 unspecified atom stereocenters. The van der Waals surface area contributed by atoms with E-state index in [-0.39, 0.29) is 30.2 Å². The molecule has 0 aromatic heterocycles. The summed E-state index contributed by atoms with van der Waals surface area (Å²) in [4.78, 5) is 2.51. The van der Waals surface area contributed by atoms with Crippen LogP contribution < -0.4 is 9.47 Å². The van der Waals surface area contributed by atoms with E-state index < -0.39 is 0 Å². The molecule has 1 aromatic rings. The number of alkyl halides is 1. The van der Waals surface area contributed by atoms with Crippen molar-refractivity contribution in [3.63, 3.8) is 0 Å². The molecule has 2 aliphatic rings. The average Bonchev–Trinajstić information content (AvgIpc) is 2.65. The van der Waals surface area contributed by atoms with E-state index in [1.165, 1.54) is 11.1 Å². The summed E-state index contributed by atoms with van der Waals surface area (Å²) in [6.07, 6.45) is 3.93. The topological polar surface area (TPSA) is 41.9 Å². The number of piperidine rings is 1. The summed E-state index contributed by atoms with van der Waals surface area (Å²) < 4.78 is 23.7. The smallest absolute Gasteiger partial charge is 0.161 e. The zero-order chi connectivity index (χ0) is 19.6. The first kappa shape index (κ1) is 20.4. The van der Waals surface area contributed by atoms with Gasteiger partial charge in [0.25, 0.3) is 0 Å². The Balaban J connectivity index is 1.72. The first-order chi connectivity index (χ1) is 12.9. The van der Waals surface area contributed by atoms with E-state index in [1.54, 1.807) is 14.2 Å². The predicted octanol–water partition coefficient (Wildman–Crippen LogP) is 4.15. The molecule has 27 heavy (non-hydrogen) atoms. The van der Waals surface area contributed by atoms with Crippen molar-refractivity contribution < 1.29 is 19.0 Å². The van der Waals surface area contributed by atoms with Gasteiger partial charge in [0.05, 0.1) is 27.0 Å². The number of hydrogen-bond donors (Lipinski definition) is 1. The minimum Gasteiger partial charge on any atom is -0.493 e. The van der Waals surface area contributed by atoms with Crippen LogP contribution in [-0.4, -0.2) is 50.1 Å². The van der Waals surface area contributed by atoms with Crippen LogP contribution in [0.25, 0.3) is 0 Å².